The molecule has 4 N–H and O–H groups in total. The molecule has 0 spiro atoms. The average molecular weight is 483 g/mol. The minimum Gasteiger partial charge on any atom is -0.467 e. The monoisotopic (exact) mass is 483 g/mol. The van der Waals surface area contributed by atoms with Gasteiger partial charge in [-0.25, -0.2) is 9.78 Å². The van der Waals surface area contributed by atoms with Crippen molar-refractivity contribution in [3.63, 3.8) is 0 Å². The first-order valence-electron chi connectivity index (χ1n) is 8.78. The number of hydrogen-bond acceptors (Lipinski definition) is 11. The van der Waals surface area contributed by atoms with Gasteiger partial charge in [-0.3, -0.25) is 14.1 Å². The molecule has 32 heavy (non-hydrogen) atoms. The van der Waals surface area contributed by atoms with E-state index in [1.54, 1.807) is 24.3 Å². The molecular formula is C17H17N5O8S2. The fraction of sp³-hybridized carbons (Fsp3) is 0.235. The van der Waals surface area contributed by atoms with Gasteiger partial charge in [-0.05, 0) is 5.56 Å². The van der Waals surface area contributed by atoms with E-state index in [4.69, 9.17) is 10.6 Å². The zero-order valence-corrected chi connectivity index (χ0v) is 18.0. The lowest BCUT2D eigenvalue weighted by molar-refractivity contribution is -0.162. The Morgan fingerprint density at radius 2 is 2.03 bits per heavy atom. The first-order chi connectivity index (χ1) is 15.1. The van der Waals surface area contributed by atoms with E-state index >= 15 is 0 Å². The predicted molar refractivity (Wildman–Crippen MR) is 110 cm³/mol. The van der Waals surface area contributed by atoms with Crippen molar-refractivity contribution in [2.75, 3.05) is 12.8 Å². The zero-order valence-electron chi connectivity index (χ0n) is 16.4. The third-order valence-corrected chi connectivity index (χ3v) is 5.82. The second kappa shape index (κ2) is 9.29. The van der Waals surface area contributed by atoms with Gasteiger partial charge in [0.15, 0.2) is 16.9 Å². The zero-order chi connectivity index (χ0) is 23.5. The Morgan fingerprint density at radius 3 is 2.59 bits per heavy atom. The number of thiazole rings is 1. The SMILES string of the molecule is COC(=O)[C@@H]1[C@H](NC(=O)C(=NOCc2ccccc2)c2csc(N)n2)C(=O)N1S(=O)(=O)O. The van der Waals surface area contributed by atoms with Crippen LogP contribution in [0.5, 0.6) is 0 Å². The maximum absolute atomic E-state index is 12.8. The lowest BCUT2D eigenvalue weighted by Gasteiger charge is -2.41. The van der Waals surface area contributed by atoms with Crippen molar-refractivity contribution in [1.29, 1.82) is 0 Å². The number of nitrogen functional groups attached to an aromatic ring is 1. The molecule has 0 saturated carbocycles. The van der Waals surface area contributed by atoms with Crippen LogP contribution in [-0.2, 0) is 40.9 Å². The number of ether oxygens (including phenoxy) is 1. The van der Waals surface area contributed by atoms with Crippen LogP contribution in [0, 0.1) is 0 Å². The second-order valence-electron chi connectivity index (χ2n) is 6.30. The van der Waals surface area contributed by atoms with Gasteiger partial charge in [0, 0.05) is 5.38 Å². The molecule has 3 rings (SSSR count). The predicted octanol–water partition coefficient (Wildman–Crippen LogP) is -0.682. The summed E-state index contributed by atoms with van der Waals surface area (Å²) in [6.45, 7) is 0.0148. The van der Waals surface area contributed by atoms with Gasteiger partial charge in [0.2, 0.25) is 0 Å². The van der Waals surface area contributed by atoms with Crippen LogP contribution in [0.2, 0.25) is 0 Å². The maximum atomic E-state index is 12.8. The quantitative estimate of drug-likeness (QED) is 0.142. The summed E-state index contributed by atoms with van der Waals surface area (Å²) in [5.41, 5.74) is 6.04. The van der Waals surface area contributed by atoms with Crippen molar-refractivity contribution >= 4 is 50.3 Å². The Bertz CT molecular complexity index is 1160. The number of carbonyl (C=O) groups is 3. The molecule has 1 fully saturated rings. The Hall–Kier alpha value is -3.56. The number of hydrogen-bond donors (Lipinski definition) is 3. The molecule has 2 aromatic rings. The number of anilines is 1. The van der Waals surface area contributed by atoms with E-state index in [0.29, 0.717) is 0 Å². The normalized spacial score (nSPS) is 18.6. The summed E-state index contributed by atoms with van der Waals surface area (Å²) in [6, 6.07) is 5.50. The number of oxime groups is 1. The van der Waals surface area contributed by atoms with Gasteiger partial charge in [0.05, 0.1) is 7.11 Å². The molecule has 1 aromatic carbocycles. The Balaban J connectivity index is 1.82. The minimum atomic E-state index is -5.05. The molecule has 1 aromatic heterocycles. The van der Waals surface area contributed by atoms with Gasteiger partial charge in [0.1, 0.15) is 18.3 Å². The van der Waals surface area contributed by atoms with Crippen molar-refractivity contribution in [1.82, 2.24) is 14.6 Å². The lowest BCUT2D eigenvalue weighted by Crippen LogP contribution is -2.74. The molecule has 0 radical (unpaired) electrons. The fourth-order valence-corrected chi connectivity index (χ4v) is 4.15. The molecule has 0 aliphatic carbocycles. The number of rotatable bonds is 8. The molecule has 1 saturated heterocycles. The second-order valence-corrected chi connectivity index (χ2v) is 8.48. The van der Waals surface area contributed by atoms with Gasteiger partial charge in [-0.15, -0.1) is 11.3 Å². The largest absolute Gasteiger partial charge is 0.467 e. The third kappa shape index (κ3) is 4.84. The van der Waals surface area contributed by atoms with E-state index in [2.05, 4.69) is 20.2 Å². The van der Waals surface area contributed by atoms with E-state index < -0.39 is 40.2 Å². The van der Waals surface area contributed by atoms with E-state index in [0.717, 1.165) is 24.0 Å². The molecule has 2 atom stereocenters. The molecule has 1 aliphatic rings. The molecule has 170 valence electrons. The van der Waals surface area contributed by atoms with Gasteiger partial charge in [-0.1, -0.05) is 35.5 Å². The Kier molecular flexibility index (Phi) is 6.71. The summed E-state index contributed by atoms with van der Waals surface area (Å²) in [5.74, 6) is -3.39. The van der Waals surface area contributed by atoms with Crippen LogP contribution in [0.4, 0.5) is 5.13 Å². The van der Waals surface area contributed by atoms with Crippen LogP contribution in [0.15, 0.2) is 40.9 Å². The molecule has 0 bridgehead atoms. The van der Waals surface area contributed by atoms with Crippen LogP contribution < -0.4 is 11.1 Å². The first-order valence-corrected chi connectivity index (χ1v) is 11.1. The number of nitrogens with zero attached hydrogens (tertiary/aromatic N) is 3. The highest BCUT2D eigenvalue weighted by Gasteiger charge is 2.58. The number of esters is 1. The van der Waals surface area contributed by atoms with Crippen LogP contribution >= 0.6 is 11.3 Å². The van der Waals surface area contributed by atoms with Gasteiger partial charge in [-0.2, -0.15) is 12.7 Å². The highest BCUT2D eigenvalue weighted by Crippen LogP contribution is 2.25. The van der Waals surface area contributed by atoms with E-state index in [-0.39, 0.29) is 27.4 Å². The van der Waals surface area contributed by atoms with Crippen molar-refractivity contribution in [2.45, 2.75) is 18.7 Å². The summed E-state index contributed by atoms with van der Waals surface area (Å²) in [7, 11) is -4.10. The molecule has 2 amide bonds. The van der Waals surface area contributed by atoms with Crippen molar-refractivity contribution in [3.8, 4) is 0 Å². The summed E-state index contributed by atoms with van der Waals surface area (Å²) in [6.07, 6.45) is 0. The van der Waals surface area contributed by atoms with Crippen molar-refractivity contribution in [3.05, 3.63) is 47.0 Å². The van der Waals surface area contributed by atoms with Gasteiger partial charge in [0.25, 0.3) is 11.8 Å². The molecule has 13 nitrogen and oxygen atoms in total. The lowest BCUT2D eigenvalue weighted by atomic mass is 9.98. The minimum absolute atomic E-state index is 0.0148. The fourth-order valence-electron chi connectivity index (χ4n) is 2.77. The summed E-state index contributed by atoms with van der Waals surface area (Å²) >= 11 is 1.02. The van der Waals surface area contributed by atoms with Crippen molar-refractivity contribution in [2.24, 2.45) is 5.16 Å². The highest BCUT2D eigenvalue weighted by molar-refractivity contribution is 7.84. The molecule has 2 heterocycles. The average Bonchev–Trinajstić information content (AvgIpc) is 3.17. The number of nitrogens with one attached hydrogen (secondary N) is 1. The van der Waals surface area contributed by atoms with E-state index in [9.17, 15) is 27.4 Å². The molecule has 1 aliphatic heterocycles. The number of aromatic nitrogens is 1. The van der Waals surface area contributed by atoms with Gasteiger partial charge >= 0.3 is 16.3 Å². The first kappa shape index (κ1) is 23.1. The maximum Gasteiger partial charge on any atom is 0.363 e. The number of carbonyl (C=O) groups excluding carboxylic acids is 3. The summed E-state index contributed by atoms with van der Waals surface area (Å²) < 4.78 is 36.3. The van der Waals surface area contributed by atoms with Gasteiger partial charge < -0.3 is 20.6 Å². The number of amides is 2. The number of nitrogens with two attached hydrogens (primary N) is 1. The van der Waals surface area contributed by atoms with E-state index in [1.807, 2.05) is 6.07 Å². The van der Waals surface area contributed by atoms with Crippen LogP contribution in [0.25, 0.3) is 0 Å². The Morgan fingerprint density at radius 1 is 1.34 bits per heavy atom. The number of benzene rings is 1. The standard InChI is InChI=1S/C17H17N5O8S2/c1-29-16(25)13-12(15(24)22(13)32(26,27)28)20-14(23)11(10-8-31-17(18)19-10)21-30-7-9-5-3-2-4-6-9/h2-6,8,12-13H,7H2,1H3,(H2,18,19)(H,20,23)(H,26,27,28)/t12-,13-/m0/s1. The molecule has 15 heteroatoms. The topological polar surface area (TPSA) is 191 Å². The highest BCUT2D eigenvalue weighted by atomic mass is 32.2. The van der Waals surface area contributed by atoms with Crippen LogP contribution in [0.3, 0.4) is 0 Å². The van der Waals surface area contributed by atoms with E-state index in [1.165, 1.54) is 5.38 Å². The third-order valence-electron chi connectivity index (χ3n) is 4.24. The number of β-lactam (4-membered cyclic amide) rings is 1. The van der Waals surface area contributed by atoms with Crippen LogP contribution in [0.1, 0.15) is 11.3 Å². The van der Waals surface area contributed by atoms with Crippen LogP contribution in [-0.4, -0.2) is 64.9 Å². The summed E-state index contributed by atoms with van der Waals surface area (Å²) in [4.78, 5) is 46.1. The van der Waals surface area contributed by atoms with Crippen molar-refractivity contribution < 1.29 is 36.9 Å². The Labute approximate surface area is 185 Å². The number of methoxy groups -OCH3 is 1. The molecule has 0 unspecified atom stereocenters. The molecular weight excluding hydrogens is 466 g/mol. The smallest absolute Gasteiger partial charge is 0.363 e. The summed E-state index contributed by atoms with van der Waals surface area (Å²) in [5, 5.41) is 7.53.